The van der Waals surface area contributed by atoms with Gasteiger partial charge < -0.3 is 10.1 Å². The van der Waals surface area contributed by atoms with Gasteiger partial charge in [-0.2, -0.15) is 4.31 Å². The first-order chi connectivity index (χ1) is 9.97. The summed E-state index contributed by atoms with van der Waals surface area (Å²) in [5, 5.41) is 3.36. The van der Waals surface area contributed by atoms with Crippen molar-refractivity contribution in [3.05, 3.63) is 29.8 Å². The van der Waals surface area contributed by atoms with E-state index in [0.29, 0.717) is 18.0 Å². The van der Waals surface area contributed by atoms with Gasteiger partial charge in [0.15, 0.2) is 0 Å². The molecule has 1 aromatic rings. The van der Waals surface area contributed by atoms with Crippen LogP contribution in [-0.2, 0) is 14.8 Å². The monoisotopic (exact) mass is 314 g/mol. The smallest absolute Gasteiger partial charge is 0.242 e. The molecule has 6 heteroatoms. The van der Waals surface area contributed by atoms with Crippen LogP contribution in [0.15, 0.2) is 29.2 Å². The quantitative estimate of drug-likeness (QED) is 0.757. The fourth-order valence-corrected chi connectivity index (χ4v) is 3.37. The van der Waals surface area contributed by atoms with E-state index < -0.39 is 10.0 Å². The lowest BCUT2D eigenvalue weighted by Gasteiger charge is -2.20. The molecule has 0 fully saturated rings. The average molecular weight is 314 g/mol. The van der Waals surface area contributed by atoms with Crippen molar-refractivity contribution < 1.29 is 13.2 Å². The molecule has 0 aliphatic carbocycles. The molecular weight excluding hydrogens is 288 g/mol. The summed E-state index contributed by atoms with van der Waals surface area (Å²) in [6, 6.07) is 7.34. The van der Waals surface area contributed by atoms with Gasteiger partial charge >= 0.3 is 0 Å². The number of nitrogens with zero attached hydrogens (tertiary/aromatic N) is 1. The van der Waals surface area contributed by atoms with Crippen LogP contribution in [0.2, 0.25) is 0 Å². The van der Waals surface area contributed by atoms with E-state index in [1.807, 2.05) is 13.0 Å². The van der Waals surface area contributed by atoms with Crippen LogP contribution in [-0.4, -0.2) is 46.6 Å². The van der Waals surface area contributed by atoms with Crippen LogP contribution < -0.4 is 5.32 Å². The van der Waals surface area contributed by atoms with Crippen LogP contribution in [0, 0.1) is 0 Å². The van der Waals surface area contributed by atoms with E-state index in [1.54, 1.807) is 32.4 Å². The molecule has 1 atom stereocenters. The second kappa shape index (κ2) is 8.48. The molecule has 1 unspecified atom stereocenters. The van der Waals surface area contributed by atoms with Gasteiger partial charge in [0.25, 0.3) is 0 Å². The van der Waals surface area contributed by atoms with Gasteiger partial charge in [-0.25, -0.2) is 8.42 Å². The van der Waals surface area contributed by atoms with E-state index >= 15 is 0 Å². The van der Waals surface area contributed by atoms with E-state index in [-0.39, 0.29) is 6.04 Å². The molecule has 0 amide bonds. The van der Waals surface area contributed by atoms with E-state index in [9.17, 15) is 8.42 Å². The minimum Gasteiger partial charge on any atom is -0.383 e. The van der Waals surface area contributed by atoms with Crippen molar-refractivity contribution in [1.82, 2.24) is 9.62 Å². The number of benzene rings is 1. The van der Waals surface area contributed by atoms with Crippen molar-refractivity contribution in [2.75, 3.05) is 33.9 Å². The highest BCUT2D eigenvalue weighted by molar-refractivity contribution is 7.89. The molecule has 0 spiro atoms. The third-order valence-corrected chi connectivity index (χ3v) is 5.29. The van der Waals surface area contributed by atoms with E-state index in [1.165, 1.54) is 4.31 Å². The zero-order valence-corrected chi connectivity index (χ0v) is 14.1. The first-order valence-electron chi connectivity index (χ1n) is 7.26. The average Bonchev–Trinajstić information content (AvgIpc) is 2.50. The molecular formula is C15H26N2O3S. The molecule has 0 aromatic heterocycles. The molecule has 0 aliphatic rings. The minimum absolute atomic E-state index is 0.175. The van der Waals surface area contributed by atoms with Gasteiger partial charge in [0.05, 0.1) is 11.5 Å². The zero-order chi connectivity index (χ0) is 15.9. The van der Waals surface area contributed by atoms with Gasteiger partial charge in [-0.15, -0.1) is 0 Å². The van der Waals surface area contributed by atoms with Gasteiger partial charge in [0, 0.05) is 26.7 Å². The molecule has 120 valence electrons. The fourth-order valence-electron chi connectivity index (χ4n) is 2.16. The highest BCUT2D eigenvalue weighted by Gasteiger charge is 2.21. The molecule has 1 aromatic carbocycles. The SMILES string of the molecule is CCNC(CC)c1cccc(S(=O)(=O)N(C)CCOC)c1. The summed E-state index contributed by atoms with van der Waals surface area (Å²) in [4.78, 5) is 0.329. The molecule has 0 saturated carbocycles. The molecule has 0 saturated heterocycles. The number of sulfonamides is 1. The van der Waals surface area contributed by atoms with Crippen molar-refractivity contribution in [2.45, 2.75) is 31.2 Å². The molecule has 0 heterocycles. The zero-order valence-electron chi connectivity index (χ0n) is 13.3. The number of nitrogens with one attached hydrogen (secondary N) is 1. The van der Waals surface area contributed by atoms with Crippen molar-refractivity contribution in [2.24, 2.45) is 0 Å². The Bertz CT molecular complexity index is 531. The summed E-state index contributed by atoms with van der Waals surface area (Å²) in [5.74, 6) is 0. The largest absolute Gasteiger partial charge is 0.383 e. The lowest BCUT2D eigenvalue weighted by Crippen LogP contribution is -2.30. The van der Waals surface area contributed by atoms with Crippen LogP contribution >= 0.6 is 0 Å². The van der Waals surface area contributed by atoms with Gasteiger partial charge in [-0.05, 0) is 30.7 Å². The van der Waals surface area contributed by atoms with Crippen molar-refractivity contribution in [1.29, 1.82) is 0 Å². The molecule has 21 heavy (non-hydrogen) atoms. The molecule has 0 aliphatic heterocycles. The van der Waals surface area contributed by atoms with Gasteiger partial charge in [0.1, 0.15) is 0 Å². The van der Waals surface area contributed by atoms with Crippen molar-refractivity contribution >= 4 is 10.0 Å². The number of likely N-dealkylation sites (N-methyl/N-ethyl adjacent to an activating group) is 1. The Morgan fingerprint density at radius 3 is 2.62 bits per heavy atom. The first kappa shape index (κ1) is 18.1. The van der Waals surface area contributed by atoms with E-state index in [4.69, 9.17) is 4.74 Å². The molecule has 0 radical (unpaired) electrons. The van der Waals surface area contributed by atoms with E-state index in [0.717, 1.165) is 18.5 Å². The maximum Gasteiger partial charge on any atom is 0.242 e. The van der Waals surface area contributed by atoms with Crippen LogP contribution in [0.5, 0.6) is 0 Å². The highest BCUT2D eigenvalue weighted by Crippen LogP contribution is 2.22. The number of hydrogen-bond acceptors (Lipinski definition) is 4. The Hall–Kier alpha value is -0.950. The number of methoxy groups -OCH3 is 1. The topological polar surface area (TPSA) is 58.6 Å². The lowest BCUT2D eigenvalue weighted by molar-refractivity contribution is 0.185. The van der Waals surface area contributed by atoms with Crippen molar-refractivity contribution in [3.8, 4) is 0 Å². The highest BCUT2D eigenvalue weighted by atomic mass is 32.2. The Morgan fingerprint density at radius 1 is 1.33 bits per heavy atom. The Balaban J connectivity index is 3.03. The van der Waals surface area contributed by atoms with Gasteiger partial charge in [-0.1, -0.05) is 26.0 Å². The maximum absolute atomic E-state index is 12.5. The number of rotatable bonds is 9. The van der Waals surface area contributed by atoms with Crippen LogP contribution in [0.4, 0.5) is 0 Å². The number of hydrogen-bond donors (Lipinski definition) is 1. The van der Waals surface area contributed by atoms with Gasteiger partial charge in [0.2, 0.25) is 10.0 Å². The summed E-state index contributed by atoms with van der Waals surface area (Å²) in [5.41, 5.74) is 1.00. The standard InChI is InChI=1S/C15H26N2O3S/c1-5-15(16-6-2)13-8-7-9-14(12-13)21(18,19)17(3)10-11-20-4/h7-9,12,15-16H,5-6,10-11H2,1-4H3. The second-order valence-corrected chi connectivity index (χ2v) is 6.96. The minimum atomic E-state index is -3.46. The molecule has 0 bridgehead atoms. The second-order valence-electron chi connectivity index (χ2n) is 4.91. The lowest BCUT2D eigenvalue weighted by atomic mass is 10.0. The summed E-state index contributed by atoms with van der Waals surface area (Å²) in [6.07, 6.45) is 0.914. The Morgan fingerprint density at radius 2 is 2.05 bits per heavy atom. The molecule has 1 N–H and O–H groups in total. The van der Waals surface area contributed by atoms with Crippen LogP contribution in [0.25, 0.3) is 0 Å². The first-order valence-corrected chi connectivity index (χ1v) is 8.70. The summed E-state index contributed by atoms with van der Waals surface area (Å²) < 4.78 is 31.3. The fraction of sp³-hybridized carbons (Fsp3) is 0.600. The normalized spacial score (nSPS) is 13.6. The predicted molar refractivity (Wildman–Crippen MR) is 84.8 cm³/mol. The van der Waals surface area contributed by atoms with Crippen LogP contribution in [0.3, 0.4) is 0 Å². The van der Waals surface area contributed by atoms with Crippen LogP contribution in [0.1, 0.15) is 31.9 Å². The summed E-state index contributed by atoms with van der Waals surface area (Å²) in [7, 11) is -0.334. The summed E-state index contributed by atoms with van der Waals surface area (Å²) >= 11 is 0. The Labute approximate surface area is 128 Å². The van der Waals surface area contributed by atoms with Gasteiger partial charge in [-0.3, -0.25) is 0 Å². The predicted octanol–water partition coefficient (Wildman–Crippen LogP) is 2.01. The Kier molecular flexibility index (Phi) is 7.31. The van der Waals surface area contributed by atoms with E-state index in [2.05, 4.69) is 12.2 Å². The third-order valence-electron chi connectivity index (χ3n) is 3.44. The third kappa shape index (κ3) is 4.78. The number of ether oxygens (including phenoxy) is 1. The molecule has 5 nitrogen and oxygen atoms in total. The summed E-state index contributed by atoms with van der Waals surface area (Å²) in [6.45, 7) is 5.70. The molecule has 1 rings (SSSR count). The van der Waals surface area contributed by atoms with Crippen molar-refractivity contribution in [3.63, 3.8) is 0 Å². The maximum atomic E-state index is 12.5.